The summed E-state index contributed by atoms with van der Waals surface area (Å²) in [5.41, 5.74) is 2.03. The third kappa shape index (κ3) is 4.33. The van der Waals surface area contributed by atoms with Gasteiger partial charge in [-0.3, -0.25) is 4.79 Å². The van der Waals surface area contributed by atoms with Crippen LogP contribution in [0.1, 0.15) is 24.8 Å². The Labute approximate surface area is 174 Å². The number of nitrogens with one attached hydrogen (secondary N) is 1. The number of rotatable bonds is 7. The lowest BCUT2D eigenvalue weighted by Crippen LogP contribution is -2.37. The molecule has 0 spiro atoms. The van der Waals surface area contributed by atoms with E-state index in [9.17, 15) is 4.79 Å². The molecule has 1 amide bonds. The third-order valence-electron chi connectivity index (χ3n) is 4.87. The highest BCUT2D eigenvalue weighted by Crippen LogP contribution is 2.26. The van der Waals surface area contributed by atoms with Crippen LogP contribution in [0, 0.1) is 6.92 Å². The Morgan fingerprint density at radius 1 is 1.07 bits per heavy atom. The Kier molecular flexibility index (Phi) is 5.75. The first-order valence-corrected chi connectivity index (χ1v) is 9.96. The highest BCUT2D eigenvalue weighted by molar-refractivity contribution is 5.89. The van der Waals surface area contributed by atoms with Crippen LogP contribution in [-0.2, 0) is 11.3 Å². The first kappa shape index (κ1) is 19.6. The van der Waals surface area contributed by atoms with Crippen LogP contribution in [0.3, 0.4) is 0 Å². The first-order chi connectivity index (χ1) is 14.6. The molecule has 152 valence electrons. The number of aromatic nitrogens is 2. The Hall–Kier alpha value is -3.67. The van der Waals surface area contributed by atoms with Crippen molar-refractivity contribution < 1.29 is 14.1 Å². The second-order valence-electron chi connectivity index (χ2n) is 7.09. The fraction of sp³-hybridized carbons (Fsp3) is 0.208. The van der Waals surface area contributed by atoms with Gasteiger partial charge in [-0.1, -0.05) is 78.3 Å². The average molecular weight is 401 g/mol. The van der Waals surface area contributed by atoms with Crippen LogP contribution < -0.4 is 10.1 Å². The van der Waals surface area contributed by atoms with Crippen molar-refractivity contribution in [3.05, 3.63) is 78.2 Å². The summed E-state index contributed by atoms with van der Waals surface area (Å²) in [4.78, 5) is 17.0. The number of amides is 1. The van der Waals surface area contributed by atoms with Gasteiger partial charge >= 0.3 is 0 Å². The fourth-order valence-electron chi connectivity index (χ4n) is 3.20. The Morgan fingerprint density at radius 3 is 2.63 bits per heavy atom. The molecule has 0 aliphatic carbocycles. The molecule has 1 heterocycles. The van der Waals surface area contributed by atoms with Crippen molar-refractivity contribution in [1.29, 1.82) is 0 Å². The molecule has 6 nitrogen and oxygen atoms in total. The molecule has 1 N–H and O–H groups in total. The highest BCUT2D eigenvalue weighted by Gasteiger charge is 2.20. The number of hydrogen-bond acceptors (Lipinski definition) is 5. The van der Waals surface area contributed by atoms with Gasteiger partial charge in [0.05, 0.1) is 6.54 Å². The summed E-state index contributed by atoms with van der Waals surface area (Å²) < 4.78 is 11.3. The average Bonchev–Trinajstić information content (AvgIpc) is 3.25. The number of carbonyl (C=O) groups excluding carboxylic acids is 1. The minimum Gasteiger partial charge on any atom is -0.480 e. The van der Waals surface area contributed by atoms with Gasteiger partial charge in [-0.2, -0.15) is 4.98 Å². The minimum absolute atomic E-state index is 0.146. The molecule has 1 atom stereocenters. The van der Waals surface area contributed by atoms with E-state index in [1.54, 1.807) is 0 Å². The number of aryl methyl sites for hydroxylation is 1. The zero-order valence-corrected chi connectivity index (χ0v) is 17.0. The number of benzene rings is 3. The van der Waals surface area contributed by atoms with Gasteiger partial charge in [0.2, 0.25) is 11.7 Å². The van der Waals surface area contributed by atoms with Crippen molar-refractivity contribution in [2.45, 2.75) is 32.9 Å². The van der Waals surface area contributed by atoms with Crippen LogP contribution >= 0.6 is 0 Å². The van der Waals surface area contributed by atoms with Crippen LogP contribution in [-0.4, -0.2) is 22.2 Å². The summed E-state index contributed by atoms with van der Waals surface area (Å²) in [6.07, 6.45) is -0.0802. The third-order valence-corrected chi connectivity index (χ3v) is 4.87. The molecule has 0 unspecified atom stereocenters. The van der Waals surface area contributed by atoms with E-state index in [1.165, 1.54) is 0 Å². The van der Waals surface area contributed by atoms with Crippen LogP contribution in [0.2, 0.25) is 0 Å². The van der Waals surface area contributed by atoms with Gasteiger partial charge < -0.3 is 14.6 Å². The monoisotopic (exact) mass is 401 g/mol. The molecule has 6 heteroatoms. The molecule has 0 radical (unpaired) electrons. The van der Waals surface area contributed by atoms with Crippen LogP contribution in [0.15, 0.2) is 71.3 Å². The van der Waals surface area contributed by atoms with Crippen LogP contribution in [0.5, 0.6) is 5.75 Å². The van der Waals surface area contributed by atoms with E-state index in [0.29, 0.717) is 23.9 Å². The molecule has 0 saturated heterocycles. The molecule has 4 aromatic rings. The van der Waals surface area contributed by atoms with E-state index in [2.05, 4.69) is 15.5 Å². The minimum atomic E-state index is -0.615. The molecule has 4 rings (SSSR count). The number of nitrogens with zero attached hydrogens (tertiary/aromatic N) is 2. The van der Waals surface area contributed by atoms with Crippen molar-refractivity contribution >= 4 is 16.7 Å². The van der Waals surface area contributed by atoms with Gasteiger partial charge in [0.15, 0.2) is 6.10 Å². The van der Waals surface area contributed by atoms with Crippen LogP contribution in [0.25, 0.3) is 22.2 Å². The van der Waals surface area contributed by atoms with E-state index < -0.39 is 6.10 Å². The SMILES string of the molecule is CC[C@@H](Oc1cccc2ccccc12)C(=O)NCc1nc(-c2ccc(C)cc2)no1. The molecule has 3 aromatic carbocycles. The number of ether oxygens (including phenoxy) is 1. The maximum absolute atomic E-state index is 12.7. The topological polar surface area (TPSA) is 77.2 Å². The van der Waals surface area contributed by atoms with Crippen molar-refractivity contribution in [2.24, 2.45) is 0 Å². The molecule has 0 saturated carbocycles. The summed E-state index contributed by atoms with van der Waals surface area (Å²) in [6.45, 7) is 4.08. The lowest BCUT2D eigenvalue weighted by molar-refractivity contribution is -0.128. The molecule has 0 aliphatic rings. The lowest BCUT2D eigenvalue weighted by Gasteiger charge is -2.18. The molecule has 0 bridgehead atoms. The Bertz CT molecular complexity index is 1150. The Balaban J connectivity index is 1.41. The lowest BCUT2D eigenvalue weighted by atomic mass is 10.1. The largest absolute Gasteiger partial charge is 0.480 e. The second-order valence-corrected chi connectivity index (χ2v) is 7.09. The zero-order chi connectivity index (χ0) is 20.9. The normalized spacial score (nSPS) is 11.9. The highest BCUT2D eigenvalue weighted by atomic mass is 16.5. The van der Waals surface area contributed by atoms with Gasteiger partial charge in [0, 0.05) is 10.9 Å². The van der Waals surface area contributed by atoms with E-state index in [4.69, 9.17) is 9.26 Å². The maximum Gasteiger partial charge on any atom is 0.261 e. The quantitative estimate of drug-likeness (QED) is 0.487. The molecule has 0 aliphatic heterocycles. The molecule has 30 heavy (non-hydrogen) atoms. The van der Waals surface area contributed by atoms with Gasteiger partial charge in [-0.25, -0.2) is 0 Å². The van der Waals surface area contributed by atoms with Crippen LogP contribution in [0.4, 0.5) is 0 Å². The van der Waals surface area contributed by atoms with E-state index >= 15 is 0 Å². The summed E-state index contributed by atoms with van der Waals surface area (Å²) in [5, 5.41) is 8.87. The summed E-state index contributed by atoms with van der Waals surface area (Å²) >= 11 is 0. The van der Waals surface area contributed by atoms with Crippen molar-refractivity contribution in [1.82, 2.24) is 15.5 Å². The molecule has 1 aromatic heterocycles. The van der Waals surface area contributed by atoms with Crippen molar-refractivity contribution in [3.63, 3.8) is 0 Å². The number of hydrogen-bond donors (Lipinski definition) is 1. The van der Waals surface area contributed by atoms with Crippen molar-refractivity contribution in [2.75, 3.05) is 0 Å². The fourth-order valence-corrected chi connectivity index (χ4v) is 3.20. The standard InChI is InChI=1S/C24H23N3O3/c1-3-20(29-21-10-6-8-17-7-4-5-9-19(17)21)24(28)25-15-22-26-23(27-30-22)18-13-11-16(2)12-14-18/h4-14,20H,3,15H2,1-2H3,(H,25,28)/t20-/m1/s1. The van der Waals surface area contributed by atoms with Crippen molar-refractivity contribution in [3.8, 4) is 17.1 Å². The number of carbonyl (C=O) groups is 1. The number of fused-ring (bicyclic) bond motifs is 1. The molecule has 0 fully saturated rings. The Morgan fingerprint density at radius 2 is 1.83 bits per heavy atom. The van der Waals surface area contributed by atoms with E-state index in [1.807, 2.05) is 80.6 Å². The van der Waals surface area contributed by atoms with E-state index in [-0.39, 0.29) is 12.5 Å². The predicted molar refractivity (Wildman–Crippen MR) is 115 cm³/mol. The first-order valence-electron chi connectivity index (χ1n) is 9.96. The maximum atomic E-state index is 12.7. The smallest absolute Gasteiger partial charge is 0.261 e. The summed E-state index contributed by atoms with van der Waals surface area (Å²) in [5.74, 6) is 1.31. The summed E-state index contributed by atoms with van der Waals surface area (Å²) in [7, 11) is 0. The second kappa shape index (κ2) is 8.78. The van der Waals surface area contributed by atoms with Gasteiger partial charge in [-0.05, 0) is 24.8 Å². The summed E-state index contributed by atoms with van der Waals surface area (Å²) in [6, 6.07) is 21.6. The molecular formula is C24H23N3O3. The van der Waals surface area contributed by atoms with E-state index in [0.717, 1.165) is 21.9 Å². The predicted octanol–water partition coefficient (Wildman–Crippen LogP) is 4.67. The van der Waals surface area contributed by atoms with Gasteiger partial charge in [0.25, 0.3) is 5.91 Å². The van der Waals surface area contributed by atoms with Gasteiger partial charge in [0.1, 0.15) is 5.75 Å². The zero-order valence-electron chi connectivity index (χ0n) is 17.0. The molecular weight excluding hydrogens is 378 g/mol. The van der Waals surface area contributed by atoms with Gasteiger partial charge in [-0.15, -0.1) is 0 Å².